The second-order valence-electron chi connectivity index (χ2n) is 8.94. The molecule has 0 saturated heterocycles. The van der Waals surface area contributed by atoms with E-state index in [9.17, 15) is 13.2 Å². The van der Waals surface area contributed by atoms with Crippen LogP contribution in [0.25, 0.3) is 10.6 Å². The first-order chi connectivity index (χ1) is 14.4. The van der Waals surface area contributed by atoms with Crippen molar-refractivity contribution in [2.75, 3.05) is 18.8 Å². The van der Waals surface area contributed by atoms with Crippen LogP contribution in [0.3, 0.4) is 0 Å². The molecule has 1 fully saturated rings. The molecule has 30 heavy (non-hydrogen) atoms. The minimum Gasteiger partial charge on any atom is -0.384 e. The Labute approximate surface area is 177 Å². The van der Waals surface area contributed by atoms with Crippen LogP contribution in [-0.4, -0.2) is 42.8 Å². The maximum absolute atomic E-state index is 13.3. The number of nitrogens with one attached hydrogen (secondary N) is 1. The van der Waals surface area contributed by atoms with Gasteiger partial charge in [-0.3, -0.25) is 4.79 Å². The van der Waals surface area contributed by atoms with Crippen LogP contribution in [0.4, 0.5) is 0 Å². The number of nitrogens with zero attached hydrogens (tertiary/aromatic N) is 2. The molecule has 0 spiro atoms. The second-order valence-corrected chi connectivity index (χ2v) is 11.2. The zero-order valence-electron chi connectivity index (χ0n) is 17.8. The fraction of sp³-hybridized carbons (Fsp3) is 0.522. The Morgan fingerprint density at radius 1 is 1.23 bits per heavy atom. The molecule has 7 heteroatoms. The van der Waals surface area contributed by atoms with Gasteiger partial charge in [-0.15, -0.1) is 0 Å². The van der Waals surface area contributed by atoms with Crippen molar-refractivity contribution in [3.63, 3.8) is 0 Å². The van der Waals surface area contributed by atoms with Crippen LogP contribution in [-0.2, 0) is 16.9 Å². The molecule has 6 nitrogen and oxygen atoms in total. The summed E-state index contributed by atoms with van der Waals surface area (Å²) >= 11 is 0. The van der Waals surface area contributed by atoms with Gasteiger partial charge in [0.05, 0.1) is 28.0 Å². The van der Waals surface area contributed by atoms with E-state index < -0.39 is 9.84 Å². The summed E-state index contributed by atoms with van der Waals surface area (Å²) in [5.41, 5.74) is 3.71. The SMILES string of the molecule is CCC1CNC2=C3C(=CN(CC4CC4)C31)C=C(S(=O)(=O)CC)c1ccn(C)c(=O)c12. The van der Waals surface area contributed by atoms with Crippen molar-refractivity contribution in [1.82, 2.24) is 14.8 Å². The first-order valence-electron chi connectivity index (χ1n) is 11.0. The third kappa shape index (κ3) is 2.89. The van der Waals surface area contributed by atoms with Crippen molar-refractivity contribution in [2.24, 2.45) is 18.9 Å². The Hall–Kier alpha value is -2.28. The molecule has 2 aliphatic heterocycles. The summed E-state index contributed by atoms with van der Waals surface area (Å²) in [6.45, 7) is 5.66. The third-order valence-electron chi connectivity index (χ3n) is 7.00. The van der Waals surface area contributed by atoms with E-state index in [1.807, 2.05) is 6.08 Å². The molecule has 2 atom stereocenters. The van der Waals surface area contributed by atoms with E-state index >= 15 is 0 Å². The monoisotopic (exact) mass is 427 g/mol. The summed E-state index contributed by atoms with van der Waals surface area (Å²) in [4.78, 5) is 16.0. The van der Waals surface area contributed by atoms with Gasteiger partial charge in [-0.05, 0) is 42.9 Å². The van der Waals surface area contributed by atoms with Crippen molar-refractivity contribution in [3.05, 3.63) is 57.2 Å². The Morgan fingerprint density at radius 3 is 2.67 bits per heavy atom. The second kappa shape index (κ2) is 6.87. The van der Waals surface area contributed by atoms with Crippen molar-refractivity contribution >= 4 is 20.4 Å². The quantitative estimate of drug-likeness (QED) is 0.782. The van der Waals surface area contributed by atoms with E-state index in [2.05, 4.69) is 23.3 Å². The summed E-state index contributed by atoms with van der Waals surface area (Å²) in [6.07, 6.45) is 9.19. The van der Waals surface area contributed by atoms with E-state index in [0.29, 0.717) is 17.0 Å². The van der Waals surface area contributed by atoms with E-state index in [1.165, 1.54) is 17.4 Å². The van der Waals surface area contributed by atoms with E-state index in [1.54, 1.807) is 26.2 Å². The molecule has 0 bridgehead atoms. The fourth-order valence-corrected chi connectivity index (χ4v) is 6.20. The van der Waals surface area contributed by atoms with E-state index in [-0.39, 0.29) is 22.3 Å². The molecule has 2 aliphatic carbocycles. The molecule has 0 aromatic carbocycles. The highest BCUT2D eigenvalue weighted by Gasteiger charge is 2.44. The molecule has 1 N–H and O–H groups in total. The van der Waals surface area contributed by atoms with Crippen molar-refractivity contribution in [3.8, 4) is 0 Å². The molecule has 4 aliphatic rings. The van der Waals surface area contributed by atoms with Gasteiger partial charge in [-0.1, -0.05) is 13.8 Å². The molecular formula is C23H29N3O3S. The number of sulfone groups is 1. The van der Waals surface area contributed by atoms with E-state index in [4.69, 9.17) is 0 Å². The van der Waals surface area contributed by atoms with Crippen molar-refractivity contribution < 1.29 is 8.42 Å². The minimum atomic E-state index is -3.50. The predicted molar refractivity (Wildman–Crippen MR) is 119 cm³/mol. The molecule has 3 heterocycles. The van der Waals surface area contributed by atoms with Crippen molar-refractivity contribution in [2.45, 2.75) is 39.2 Å². The first-order valence-corrected chi connectivity index (χ1v) is 12.6. The number of hydrogen-bond acceptors (Lipinski definition) is 5. The average molecular weight is 428 g/mol. The van der Waals surface area contributed by atoms with E-state index in [0.717, 1.165) is 42.3 Å². The summed E-state index contributed by atoms with van der Waals surface area (Å²) in [5, 5.41) is 3.54. The molecule has 1 saturated carbocycles. The van der Waals surface area contributed by atoms with Crippen LogP contribution in [0.2, 0.25) is 0 Å². The smallest absolute Gasteiger partial charge is 0.260 e. The van der Waals surface area contributed by atoms with Gasteiger partial charge in [0.25, 0.3) is 5.56 Å². The number of rotatable bonds is 5. The molecule has 160 valence electrons. The average Bonchev–Trinajstić information content (AvgIpc) is 3.50. The highest BCUT2D eigenvalue weighted by molar-refractivity contribution is 8.00. The van der Waals surface area contributed by atoms with Gasteiger partial charge in [-0.25, -0.2) is 8.42 Å². The predicted octanol–water partition coefficient (Wildman–Crippen LogP) is 2.49. The van der Waals surface area contributed by atoms with Crippen LogP contribution in [0.5, 0.6) is 0 Å². The Bertz CT molecular complexity index is 1170. The van der Waals surface area contributed by atoms with Gasteiger partial charge in [0, 0.05) is 49.6 Å². The Kier molecular flexibility index (Phi) is 4.51. The summed E-state index contributed by atoms with van der Waals surface area (Å²) in [7, 11) is -1.78. The molecule has 2 unspecified atom stereocenters. The summed E-state index contributed by atoms with van der Waals surface area (Å²) in [6, 6.07) is 1.97. The first kappa shape index (κ1) is 19.7. The zero-order chi connectivity index (χ0) is 21.2. The van der Waals surface area contributed by atoms with Gasteiger partial charge < -0.3 is 14.8 Å². The molecule has 0 amide bonds. The topological polar surface area (TPSA) is 71.4 Å². The molecule has 0 radical (unpaired) electrons. The normalized spacial score (nSPS) is 25.2. The van der Waals surface area contributed by atoms with Crippen LogP contribution in [0, 0.1) is 11.8 Å². The summed E-state index contributed by atoms with van der Waals surface area (Å²) in [5.74, 6) is 1.15. The maximum Gasteiger partial charge on any atom is 0.260 e. The lowest BCUT2D eigenvalue weighted by Crippen LogP contribution is -2.45. The number of aryl methyl sites for hydroxylation is 1. The van der Waals surface area contributed by atoms with Crippen LogP contribution in [0.15, 0.2) is 40.5 Å². The Morgan fingerprint density at radius 2 is 2.00 bits per heavy atom. The number of fused-ring (bicyclic) bond motifs is 2. The number of hydrogen-bond donors (Lipinski definition) is 1. The molecule has 1 aromatic heterocycles. The fourth-order valence-electron chi connectivity index (χ4n) is 5.08. The lowest BCUT2D eigenvalue weighted by molar-refractivity contribution is 0.227. The third-order valence-corrected chi connectivity index (χ3v) is 8.77. The lowest BCUT2D eigenvalue weighted by Gasteiger charge is -2.38. The summed E-state index contributed by atoms with van der Waals surface area (Å²) < 4.78 is 27.7. The van der Waals surface area contributed by atoms with Crippen molar-refractivity contribution in [1.29, 1.82) is 0 Å². The van der Waals surface area contributed by atoms with Crippen LogP contribution < -0.4 is 10.9 Å². The lowest BCUT2D eigenvalue weighted by atomic mass is 9.83. The zero-order valence-corrected chi connectivity index (χ0v) is 18.6. The largest absolute Gasteiger partial charge is 0.384 e. The number of allylic oxidation sites excluding steroid dienone is 1. The minimum absolute atomic E-state index is 0.00562. The maximum atomic E-state index is 13.3. The molecular weight excluding hydrogens is 398 g/mol. The standard InChI is InChI=1S/C23H29N3O3S/c1-4-15-11-24-21-19-16(13-26(22(15)19)12-14-6-7-14)10-18(30(28,29)5-2)17-8-9-25(3)23(27)20(17)21/h8-10,13-15,22,24H,4-7,11-12H2,1-3H3. The van der Waals surface area contributed by atoms with Gasteiger partial charge >= 0.3 is 0 Å². The van der Waals surface area contributed by atoms with Crippen LogP contribution >= 0.6 is 0 Å². The number of aromatic nitrogens is 1. The van der Waals surface area contributed by atoms with Gasteiger partial charge in [0.15, 0.2) is 9.84 Å². The highest BCUT2D eigenvalue weighted by atomic mass is 32.2. The molecule has 1 aromatic rings. The highest BCUT2D eigenvalue weighted by Crippen LogP contribution is 2.46. The van der Waals surface area contributed by atoms with Gasteiger partial charge in [0.2, 0.25) is 0 Å². The Balaban J connectivity index is 1.80. The van der Waals surface area contributed by atoms with Gasteiger partial charge in [-0.2, -0.15) is 0 Å². The van der Waals surface area contributed by atoms with Gasteiger partial charge in [0.1, 0.15) is 0 Å². The van der Waals surface area contributed by atoms with Crippen LogP contribution in [0.1, 0.15) is 44.2 Å². The molecule has 5 rings (SSSR count). The number of pyridine rings is 1.